The highest BCUT2D eigenvalue weighted by Gasteiger charge is 2.30. The first kappa shape index (κ1) is 27.5. The predicted octanol–water partition coefficient (Wildman–Crippen LogP) is -3.16. The number of nitrogens with one attached hydrogen (secondary N) is 4. The van der Waals surface area contributed by atoms with Crippen LogP contribution in [0.15, 0.2) is 12.5 Å². The number of nitrogens with two attached hydrogens (primary N) is 3. The molecule has 0 aliphatic carbocycles. The lowest BCUT2D eigenvalue weighted by Crippen LogP contribution is -2.57. The third kappa shape index (κ3) is 10.1. The number of aliphatic carboxylic acids is 1. The van der Waals surface area contributed by atoms with Crippen LogP contribution >= 0.6 is 0 Å². The molecule has 4 atom stereocenters. The lowest BCUT2D eigenvalue weighted by Gasteiger charge is -2.24. The minimum Gasteiger partial charge on any atom is -0.480 e. The van der Waals surface area contributed by atoms with Crippen LogP contribution in [0.25, 0.3) is 0 Å². The Morgan fingerprint density at radius 2 is 1.64 bits per heavy atom. The topological polar surface area (TPSA) is 248 Å². The predicted molar refractivity (Wildman–Crippen MR) is 116 cm³/mol. The first-order valence-corrected chi connectivity index (χ1v) is 10.4. The zero-order valence-electron chi connectivity index (χ0n) is 18.4. The summed E-state index contributed by atoms with van der Waals surface area (Å²) in [6, 6.07) is -4.66. The van der Waals surface area contributed by atoms with Gasteiger partial charge in [0.15, 0.2) is 0 Å². The third-order valence-corrected chi connectivity index (χ3v) is 4.63. The van der Waals surface area contributed by atoms with Crippen molar-refractivity contribution in [3.05, 3.63) is 18.2 Å². The summed E-state index contributed by atoms with van der Waals surface area (Å²) in [6.45, 7) is 1.81. The molecule has 184 valence electrons. The van der Waals surface area contributed by atoms with E-state index in [1.165, 1.54) is 19.4 Å². The van der Waals surface area contributed by atoms with Crippen LogP contribution in [0.3, 0.4) is 0 Å². The van der Waals surface area contributed by atoms with E-state index in [4.69, 9.17) is 17.2 Å². The molecule has 4 unspecified atom stereocenters. The van der Waals surface area contributed by atoms with E-state index in [1.807, 2.05) is 0 Å². The Labute approximate surface area is 190 Å². The van der Waals surface area contributed by atoms with Crippen molar-refractivity contribution in [1.29, 1.82) is 0 Å². The summed E-state index contributed by atoms with van der Waals surface area (Å²) < 4.78 is 0. The lowest BCUT2D eigenvalue weighted by atomic mass is 10.1. The van der Waals surface area contributed by atoms with Crippen molar-refractivity contribution >= 4 is 29.6 Å². The first-order valence-electron chi connectivity index (χ1n) is 10.4. The number of primary amides is 1. The van der Waals surface area contributed by atoms with Crippen molar-refractivity contribution in [2.75, 3.05) is 6.54 Å². The number of hydrogen-bond donors (Lipinski definition) is 8. The maximum Gasteiger partial charge on any atom is 0.326 e. The van der Waals surface area contributed by atoms with Gasteiger partial charge in [-0.05, 0) is 32.7 Å². The van der Waals surface area contributed by atoms with E-state index < -0.39 is 60.2 Å². The smallest absolute Gasteiger partial charge is 0.326 e. The fraction of sp³-hybridized carbons (Fsp3) is 0.579. The van der Waals surface area contributed by atoms with Crippen molar-refractivity contribution in [3.63, 3.8) is 0 Å². The van der Waals surface area contributed by atoms with E-state index in [0.717, 1.165) is 0 Å². The van der Waals surface area contributed by atoms with Crippen LogP contribution in [-0.2, 0) is 30.4 Å². The lowest BCUT2D eigenvalue weighted by molar-refractivity contribution is -0.143. The number of carboxylic acid groups (broad SMARTS) is 1. The quantitative estimate of drug-likeness (QED) is 0.121. The van der Waals surface area contributed by atoms with Gasteiger partial charge in [-0.3, -0.25) is 19.2 Å². The molecule has 1 aromatic rings. The Kier molecular flexibility index (Phi) is 11.5. The molecule has 1 heterocycles. The van der Waals surface area contributed by atoms with Gasteiger partial charge >= 0.3 is 5.97 Å². The van der Waals surface area contributed by atoms with Gasteiger partial charge in [0.1, 0.15) is 18.1 Å². The molecule has 0 spiro atoms. The van der Waals surface area contributed by atoms with Crippen LogP contribution in [0.2, 0.25) is 0 Å². The summed E-state index contributed by atoms with van der Waals surface area (Å²) in [5.41, 5.74) is 16.7. The number of imidazole rings is 1. The maximum absolute atomic E-state index is 13.0. The molecular weight excluding hydrogens is 436 g/mol. The summed E-state index contributed by atoms with van der Waals surface area (Å²) in [5, 5.41) is 16.5. The summed E-state index contributed by atoms with van der Waals surface area (Å²) in [7, 11) is 0. The highest BCUT2D eigenvalue weighted by atomic mass is 16.4. The molecule has 0 saturated heterocycles. The molecule has 1 rings (SSSR count). The standard InChI is InChI=1S/C19H32N8O6/c1-10(21)16(29)26-13(6-11-8-23-9-24-11)18(31)25-12(4-2-3-5-20)17(30)27-14(19(32)33)7-15(22)28/h8-10,12-14H,2-7,20-21H2,1H3,(H2,22,28)(H,23,24)(H,25,31)(H,26,29)(H,27,30)(H,32,33). The minimum atomic E-state index is -1.55. The van der Waals surface area contributed by atoms with Crippen molar-refractivity contribution in [1.82, 2.24) is 25.9 Å². The van der Waals surface area contributed by atoms with Crippen LogP contribution in [0, 0.1) is 0 Å². The fourth-order valence-electron chi connectivity index (χ4n) is 2.84. The molecule has 0 aliphatic heterocycles. The molecule has 14 nitrogen and oxygen atoms in total. The highest BCUT2D eigenvalue weighted by molar-refractivity contribution is 5.94. The maximum atomic E-state index is 13.0. The Hall–Kier alpha value is -3.52. The molecule has 0 fully saturated rings. The van der Waals surface area contributed by atoms with Gasteiger partial charge in [0.05, 0.1) is 18.8 Å². The van der Waals surface area contributed by atoms with Gasteiger partial charge in [-0.2, -0.15) is 0 Å². The number of amides is 4. The summed E-state index contributed by atoms with van der Waals surface area (Å²) >= 11 is 0. The van der Waals surface area contributed by atoms with Crippen molar-refractivity contribution in [3.8, 4) is 0 Å². The molecule has 33 heavy (non-hydrogen) atoms. The first-order chi connectivity index (χ1) is 15.5. The number of aromatic amines is 1. The Balaban J connectivity index is 3.01. The Bertz CT molecular complexity index is 813. The van der Waals surface area contributed by atoms with Gasteiger partial charge in [-0.15, -0.1) is 0 Å². The summed E-state index contributed by atoms with van der Waals surface area (Å²) in [4.78, 5) is 67.0. The van der Waals surface area contributed by atoms with E-state index in [1.54, 1.807) is 0 Å². The number of H-pyrrole nitrogens is 1. The largest absolute Gasteiger partial charge is 0.480 e. The molecule has 0 aromatic carbocycles. The molecule has 0 bridgehead atoms. The normalized spacial score (nSPS) is 14.4. The number of unbranched alkanes of at least 4 members (excludes halogenated alkanes) is 1. The number of carbonyl (C=O) groups is 5. The summed E-state index contributed by atoms with van der Waals surface area (Å²) in [6.07, 6.45) is 3.48. The number of rotatable bonds is 15. The van der Waals surface area contributed by atoms with Crippen LogP contribution in [0.1, 0.15) is 38.3 Å². The second-order valence-electron chi connectivity index (χ2n) is 7.55. The molecule has 0 saturated carbocycles. The third-order valence-electron chi connectivity index (χ3n) is 4.63. The zero-order valence-corrected chi connectivity index (χ0v) is 18.4. The molecular formula is C19H32N8O6. The monoisotopic (exact) mass is 468 g/mol. The highest BCUT2D eigenvalue weighted by Crippen LogP contribution is 2.06. The van der Waals surface area contributed by atoms with Gasteiger partial charge in [-0.25, -0.2) is 9.78 Å². The van der Waals surface area contributed by atoms with Gasteiger partial charge in [0.2, 0.25) is 23.6 Å². The van der Waals surface area contributed by atoms with Crippen molar-refractivity contribution in [2.45, 2.75) is 63.2 Å². The van der Waals surface area contributed by atoms with Gasteiger partial charge in [0, 0.05) is 18.3 Å². The number of carbonyl (C=O) groups excluding carboxylic acids is 4. The van der Waals surface area contributed by atoms with E-state index in [9.17, 15) is 29.1 Å². The SMILES string of the molecule is CC(N)C(=O)NC(Cc1cnc[nH]1)C(=O)NC(CCCCN)C(=O)NC(CC(N)=O)C(=O)O. The second kappa shape index (κ2) is 13.8. The van der Waals surface area contributed by atoms with E-state index in [0.29, 0.717) is 25.1 Å². The molecule has 4 amide bonds. The zero-order chi connectivity index (χ0) is 25.0. The Morgan fingerprint density at radius 3 is 2.15 bits per heavy atom. The van der Waals surface area contributed by atoms with Crippen molar-refractivity contribution in [2.24, 2.45) is 17.2 Å². The van der Waals surface area contributed by atoms with Crippen LogP contribution in [-0.4, -0.2) is 75.4 Å². The number of carboxylic acids is 1. The fourth-order valence-corrected chi connectivity index (χ4v) is 2.84. The Morgan fingerprint density at radius 1 is 1.03 bits per heavy atom. The van der Waals surface area contributed by atoms with Crippen LogP contribution < -0.4 is 33.2 Å². The van der Waals surface area contributed by atoms with E-state index >= 15 is 0 Å². The molecule has 11 N–H and O–H groups in total. The average Bonchev–Trinajstić information content (AvgIpc) is 3.24. The summed E-state index contributed by atoms with van der Waals surface area (Å²) in [5.74, 6) is -4.44. The number of aromatic nitrogens is 2. The van der Waals surface area contributed by atoms with E-state index in [2.05, 4.69) is 25.9 Å². The molecule has 1 aromatic heterocycles. The van der Waals surface area contributed by atoms with Gasteiger partial charge in [-0.1, -0.05) is 0 Å². The van der Waals surface area contributed by atoms with E-state index in [-0.39, 0.29) is 12.8 Å². The van der Waals surface area contributed by atoms with Crippen LogP contribution in [0.4, 0.5) is 0 Å². The van der Waals surface area contributed by atoms with Crippen molar-refractivity contribution < 1.29 is 29.1 Å². The average molecular weight is 469 g/mol. The van der Waals surface area contributed by atoms with Crippen LogP contribution in [0.5, 0.6) is 0 Å². The molecule has 0 radical (unpaired) electrons. The minimum absolute atomic E-state index is 0.0425. The molecule has 0 aliphatic rings. The van der Waals surface area contributed by atoms with Gasteiger partial charge in [0.25, 0.3) is 0 Å². The number of nitrogens with zero attached hydrogens (tertiary/aromatic N) is 1. The number of hydrogen-bond acceptors (Lipinski definition) is 8. The van der Waals surface area contributed by atoms with Gasteiger partial charge < -0.3 is 43.2 Å². The second-order valence-corrected chi connectivity index (χ2v) is 7.55. The molecule has 14 heteroatoms.